The Hall–Kier alpha value is -1.63. The second-order valence-electron chi connectivity index (χ2n) is 5.76. The summed E-state index contributed by atoms with van der Waals surface area (Å²) in [6.45, 7) is 4.03. The summed E-state index contributed by atoms with van der Waals surface area (Å²) in [5.74, 6) is 0.673. The summed E-state index contributed by atoms with van der Waals surface area (Å²) in [4.78, 5) is 20.1. The van der Waals surface area contributed by atoms with Gasteiger partial charge in [0.25, 0.3) is 5.56 Å². The first-order valence-electron chi connectivity index (χ1n) is 7.90. The van der Waals surface area contributed by atoms with E-state index < -0.39 is 0 Å². The summed E-state index contributed by atoms with van der Waals surface area (Å²) in [5.41, 5.74) is 2.65. The van der Waals surface area contributed by atoms with Gasteiger partial charge in [0, 0.05) is 26.2 Å². The van der Waals surface area contributed by atoms with Crippen LogP contribution in [0.5, 0.6) is 0 Å². The molecule has 1 aromatic carbocycles. The highest BCUT2D eigenvalue weighted by molar-refractivity contribution is 7.99. The van der Waals surface area contributed by atoms with Gasteiger partial charge in [0.2, 0.25) is 0 Å². The van der Waals surface area contributed by atoms with Gasteiger partial charge in [0.1, 0.15) is 0 Å². The summed E-state index contributed by atoms with van der Waals surface area (Å²) < 4.78 is 10.4. The lowest BCUT2D eigenvalue weighted by atomic mass is 9.99. The number of hydrogen-bond donors (Lipinski definition) is 1. The van der Waals surface area contributed by atoms with E-state index in [1.54, 1.807) is 14.2 Å². The van der Waals surface area contributed by atoms with Crippen LogP contribution in [-0.2, 0) is 15.9 Å². The molecule has 0 saturated heterocycles. The first-order chi connectivity index (χ1) is 11.5. The third-order valence-corrected chi connectivity index (χ3v) is 4.59. The molecule has 0 spiro atoms. The molecule has 0 fully saturated rings. The van der Waals surface area contributed by atoms with Crippen LogP contribution in [0.2, 0.25) is 0 Å². The lowest BCUT2D eigenvalue weighted by molar-refractivity contribution is -0.0842. The highest BCUT2D eigenvalue weighted by Crippen LogP contribution is 2.21. The van der Waals surface area contributed by atoms with Gasteiger partial charge in [-0.25, -0.2) is 4.98 Å². The van der Waals surface area contributed by atoms with E-state index in [0.29, 0.717) is 17.3 Å². The molecule has 130 valence electrons. The largest absolute Gasteiger partial charge is 0.355 e. The van der Waals surface area contributed by atoms with Gasteiger partial charge in [0.15, 0.2) is 11.4 Å². The van der Waals surface area contributed by atoms with Crippen molar-refractivity contribution in [2.45, 2.75) is 37.6 Å². The minimum atomic E-state index is -0.331. The topological polar surface area (TPSA) is 64.2 Å². The molecule has 0 radical (unpaired) electrons. The van der Waals surface area contributed by atoms with Gasteiger partial charge in [0.05, 0.1) is 11.4 Å². The molecule has 1 aromatic heterocycles. The standard InChI is InChI=1S/C18H24N2O3S/c1-12(2)16-14(10-13-8-6-5-7-9-13)19-18(20-17(16)21)24-11-15(22-3)23-4/h5-9,12,15H,10-11H2,1-4H3,(H,19,20,21). The van der Waals surface area contributed by atoms with Gasteiger partial charge < -0.3 is 14.5 Å². The summed E-state index contributed by atoms with van der Waals surface area (Å²) in [6, 6.07) is 10.1. The highest BCUT2D eigenvalue weighted by Gasteiger charge is 2.16. The molecular weight excluding hydrogens is 324 g/mol. The maximum atomic E-state index is 12.5. The average Bonchev–Trinajstić information content (AvgIpc) is 2.56. The van der Waals surface area contributed by atoms with Gasteiger partial charge in [-0.2, -0.15) is 0 Å². The minimum absolute atomic E-state index is 0.0696. The molecule has 1 N–H and O–H groups in total. The van der Waals surface area contributed by atoms with Crippen molar-refractivity contribution in [3.05, 3.63) is 57.5 Å². The van der Waals surface area contributed by atoms with Crippen molar-refractivity contribution in [2.75, 3.05) is 20.0 Å². The van der Waals surface area contributed by atoms with E-state index in [-0.39, 0.29) is 17.8 Å². The minimum Gasteiger partial charge on any atom is -0.355 e. The fourth-order valence-electron chi connectivity index (χ4n) is 2.47. The second kappa shape index (κ2) is 9.01. The fourth-order valence-corrected chi connectivity index (χ4v) is 3.38. The Kier molecular flexibility index (Phi) is 7.02. The molecule has 0 unspecified atom stereocenters. The summed E-state index contributed by atoms with van der Waals surface area (Å²) in [5, 5.41) is 0.592. The van der Waals surface area contributed by atoms with Crippen LogP contribution in [0, 0.1) is 0 Å². The first-order valence-corrected chi connectivity index (χ1v) is 8.89. The molecule has 0 saturated carbocycles. The highest BCUT2D eigenvalue weighted by atomic mass is 32.2. The van der Waals surface area contributed by atoms with E-state index in [4.69, 9.17) is 9.47 Å². The van der Waals surface area contributed by atoms with E-state index >= 15 is 0 Å². The number of nitrogens with one attached hydrogen (secondary N) is 1. The number of hydrogen-bond acceptors (Lipinski definition) is 5. The van der Waals surface area contributed by atoms with Crippen molar-refractivity contribution in [1.82, 2.24) is 9.97 Å². The Morgan fingerprint density at radius 1 is 1.17 bits per heavy atom. The Labute approximate surface area is 146 Å². The summed E-state index contributed by atoms with van der Waals surface area (Å²) in [7, 11) is 3.18. The van der Waals surface area contributed by atoms with Crippen molar-refractivity contribution in [1.29, 1.82) is 0 Å². The molecular formula is C18H24N2O3S. The molecule has 2 rings (SSSR count). The van der Waals surface area contributed by atoms with Crippen molar-refractivity contribution in [3.63, 3.8) is 0 Å². The number of ether oxygens (including phenoxy) is 2. The summed E-state index contributed by atoms with van der Waals surface area (Å²) >= 11 is 1.42. The van der Waals surface area contributed by atoms with Crippen LogP contribution in [0.15, 0.2) is 40.3 Å². The Morgan fingerprint density at radius 2 is 1.83 bits per heavy atom. The first kappa shape index (κ1) is 18.7. The van der Waals surface area contributed by atoms with E-state index in [0.717, 1.165) is 16.8 Å². The van der Waals surface area contributed by atoms with Crippen molar-refractivity contribution < 1.29 is 9.47 Å². The number of H-pyrrole nitrogens is 1. The molecule has 0 aliphatic carbocycles. The van der Waals surface area contributed by atoms with Crippen LogP contribution in [0.4, 0.5) is 0 Å². The predicted molar refractivity (Wildman–Crippen MR) is 96.7 cm³/mol. The van der Waals surface area contributed by atoms with Crippen LogP contribution in [0.25, 0.3) is 0 Å². The van der Waals surface area contributed by atoms with E-state index in [1.165, 1.54) is 11.8 Å². The van der Waals surface area contributed by atoms with Crippen molar-refractivity contribution >= 4 is 11.8 Å². The third-order valence-electron chi connectivity index (χ3n) is 3.69. The van der Waals surface area contributed by atoms with Crippen LogP contribution in [0.1, 0.15) is 36.6 Å². The van der Waals surface area contributed by atoms with Gasteiger partial charge >= 0.3 is 0 Å². The Balaban J connectivity index is 2.30. The summed E-state index contributed by atoms with van der Waals surface area (Å²) in [6.07, 6.45) is 0.312. The predicted octanol–water partition coefficient (Wildman–Crippen LogP) is 3.20. The number of rotatable bonds is 8. The van der Waals surface area contributed by atoms with E-state index in [2.05, 4.69) is 9.97 Å². The maximum Gasteiger partial charge on any atom is 0.255 e. The lowest BCUT2D eigenvalue weighted by Crippen LogP contribution is -2.21. The zero-order chi connectivity index (χ0) is 17.5. The maximum absolute atomic E-state index is 12.5. The van der Waals surface area contributed by atoms with Gasteiger partial charge in [-0.05, 0) is 11.5 Å². The van der Waals surface area contributed by atoms with E-state index in [9.17, 15) is 4.79 Å². The van der Waals surface area contributed by atoms with Crippen LogP contribution < -0.4 is 5.56 Å². The molecule has 24 heavy (non-hydrogen) atoms. The molecule has 0 bridgehead atoms. The van der Waals surface area contributed by atoms with Crippen molar-refractivity contribution in [2.24, 2.45) is 0 Å². The van der Waals surface area contributed by atoms with Crippen LogP contribution in [-0.4, -0.2) is 36.2 Å². The molecule has 0 aliphatic rings. The Bertz CT molecular complexity index is 697. The quantitative estimate of drug-likeness (QED) is 0.451. The lowest BCUT2D eigenvalue weighted by Gasteiger charge is -2.15. The van der Waals surface area contributed by atoms with Crippen LogP contribution >= 0.6 is 11.8 Å². The van der Waals surface area contributed by atoms with Gasteiger partial charge in [-0.3, -0.25) is 4.79 Å². The van der Waals surface area contributed by atoms with Gasteiger partial charge in [-0.1, -0.05) is 55.9 Å². The van der Waals surface area contributed by atoms with Crippen LogP contribution in [0.3, 0.4) is 0 Å². The molecule has 5 nitrogen and oxygen atoms in total. The van der Waals surface area contributed by atoms with Crippen molar-refractivity contribution in [3.8, 4) is 0 Å². The molecule has 0 atom stereocenters. The monoisotopic (exact) mass is 348 g/mol. The normalized spacial score (nSPS) is 11.4. The molecule has 1 heterocycles. The zero-order valence-electron chi connectivity index (χ0n) is 14.5. The smallest absolute Gasteiger partial charge is 0.255 e. The SMILES string of the molecule is COC(CSc1nc(Cc2ccccc2)c(C(C)C)c(=O)[nH]1)OC. The third kappa shape index (κ3) is 4.93. The molecule has 2 aromatic rings. The average molecular weight is 348 g/mol. The second-order valence-corrected chi connectivity index (χ2v) is 6.77. The number of aromatic amines is 1. The van der Waals surface area contributed by atoms with E-state index in [1.807, 2.05) is 44.2 Å². The van der Waals surface area contributed by atoms with Gasteiger partial charge in [-0.15, -0.1) is 0 Å². The number of aromatic nitrogens is 2. The number of thioether (sulfide) groups is 1. The number of methoxy groups -OCH3 is 2. The number of nitrogens with zero attached hydrogens (tertiary/aromatic N) is 1. The molecule has 0 amide bonds. The number of benzene rings is 1. The molecule has 0 aliphatic heterocycles. The fraction of sp³-hybridized carbons (Fsp3) is 0.444. The molecule has 6 heteroatoms. The zero-order valence-corrected chi connectivity index (χ0v) is 15.4. The Morgan fingerprint density at radius 3 is 2.42 bits per heavy atom.